The highest BCUT2D eigenvalue weighted by Gasteiger charge is 2.05. The van der Waals surface area contributed by atoms with Crippen molar-refractivity contribution in [2.75, 3.05) is 5.73 Å². The van der Waals surface area contributed by atoms with E-state index < -0.39 is 12.0 Å². The molecule has 0 bridgehead atoms. The lowest BCUT2D eigenvalue weighted by atomic mass is 10.3. The minimum absolute atomic E-state index is 0.0707. The average molecular weight is 145 g/mol. The van der Waals surface area contributed by atoms with Crippen molar-refractivity contribution in [3.63, 3.8) is 0 Å². The maximum absolute atomic E-state index is 12.4. The van der Waals surface area contributed by atoms with Gasteiger partial charge in [-0.3, -0.25) is 0 Å². The highest BCUT2D eigenvalue weighted by molar-refractivity contribution is 5.35. The summed E-state index contributed by atoms with van der Waals surface area (Å²) in [5.41, 5.74) is 5.16. The monoisotopic (exact) mass is 145 g/mol. The summed E-state index contributed by atoms with van der Waals surface area (Å²) in [4.78, 5) is 5.90. The number of nitrogens with zero attached hydrogens (tertiary/aromatic N) is 2. The smallest absolute Gasteiger partial charge is 0.313 e. The molecule has 0 amide bonds. The lowest BCUT2D eigenvalue weighted by Crippen LogP contribution is -2.02. The fraction of sp³-hybridized carbons (Fsp3) is 0.200. The van der Waals surface area contributed by atoms with E-state index in [1.165, 1.54) is 6.92 Å². The number of hydrogen-bond acceptors (Lipinski definition) is 3. The van der Waals surface area contributed by atoms with Gasteiger partial charge in [0.2, 0.25) is 5.95 Å². The second-order valence-electron chi connectivity index (χ2n) is 1.79. The predicted molar refractivity (Wildman–Crippen MR) is 31.1 cm³/mol. The number of nitrogen functional groups attached to an aromatic ring is 1. The van der Waals surface area contributed by atoms with Crippen LogP contribution in [0.2, 0.25) is 0 Å². The summed E-state index contributed by atoms with van der Waals surface area (Å²) < 4.78 is 24.4. The molecule has 0 unspecified atom stereocenters. The lowest BCUT2D eigenvalue weighted by molar-refractivity contribution is 0.480. The normalized spacial score (nSPS) is 9.90. The van der Waals surface area contributed by atoms with Gasteiger partial charge < -0.3 is 5.73 Å². The summed E-state index contributed by atoms with van der Waals surface area (Å²) in [6, 6.07) is 0. The van der Waals surface area contributed by atoms with Gasteiger partial charge in [-0.2, -0.15) is 18.7 Å². The molecule has 0 aliphatic heterocycles. The Morgan fingerprint density at radius 3 is 2.40 bits per heavy atom. The molecule has 1 aromatic rings. The van der Waals surface area contributed by atoms with Crippen LogP contribution >= 0.6 is 0 Å². The third-order valence-corrected chi connectivity index (χ3v) is 1.10. The maximum Gasteiger partial charge on any atom is 0.313 e. The van der Waals surface area contributed by atoms with Gasteiger partial charge in [-0.25, -0.2) is 0 Å². The summed E-state index contributed by atoms with van der Waals surface area (Å²) in [7, 11) is 0. The zero-order valence-corrected chi connectivity index (χ0v) is 5.23. The van der Waals surface area contributed by atoms with E-state index in [1.54, 1.807) is 0 Å². The van der Waals surface area contributed by atoms with Gasteiger partial charge >= 0.3 is 6.08 Å². The van der Waals surface area contributed by atoms with Gasteiger partial charge in [0.1, 0.15) is 5.82 Å². The van der Waals surface area contributed by atoms with Crippen LogP contribution in [0.15, 0.2) is 0 Å². The van der Waals surface area contributed by atoms with E-state index in [2.05, 4.69) is 9.97 Å². The molecule has 1 heterocycles. The molecule has 0 aromatic carbocycles. The largest absolute Gasteiger partial charge is 0.383 e. The number of nitrogens with two attached hydrogens (primary N) is 1. The van der Waals surface area contributed by atoms with Gasteiger partial charge in [-0.15, -0.1) is 0 Å². The standard InChI is InChI=1S/C5H5F2N3/c1-2-3(6)9-5(7)10-4(2)8/h1H3,(H2,8,9,10). The van der Waals surface area contributed by atoms with Crippen molar-refractivity contribution in [1.29, 1.82) is 0 Å². The zero-order chi connectivity index (χ0) is 7.72. The molecule has 10 heavy (non-hydrogen) atoms. The summed E-state index contributed by atoms with van der Waals surface area (Å²) >= 11 is 0. The quantitative estimate of drug-likeness (QED) is 0.430. The van der Waals surface area contributed by atoms with Gasteiger partial charge in [0.15, 0.2) is 0 Å². The third-order valence-electron chi connectivity index (χ3n) is 1.10. The Morgan fingerprint density at radius 2 is 1.90 bits per heavy atom. The molecule has 1 rings (SSSR count). The molecule has 5 heteroatoms. The van der Waals surface area contributed by atoms with Crippen LogP contribution in [0, 0.1) is 18.9 Å². The van der Waals surface area contributed by atoms with Crippen molar-refractivity contribution >= 4 is 5.82 Å². The molecule has 0 aliphatic rings. The van der Waals surface area contributed by atoms with E-state index in [0.717, 1.165) is 0 Å². The Bertz CT molecular complexity index is 238. The minimum atomic E-state index is -1.14. The van der Waals surface area contributed by atoms with E-state index in [4.69, 9.17) is 5.73 Å². The first-order valence-electron chi connectivity index (χ1n) is 2.56. The molecule has 0 radical (unpaired) electrons. The van der Waals surface area contributed by atoms with Gasteiger partial charge in [-0.05, 0) is 6.92 Å². The molecular formula is C5H5F2N3. The van der Waals surface area contributed by atoms with E-state index >= 15 is 0 Å². The van der Waals surface area contributed by atoms with E-state index in [9.17, 15) is 8.78 Å². The summed E-state index contributed by atoms with van der Waals surface area (Å²) in [5.74, 6) is -1.07. The van der Waals surface area contributed by atoms with Crippen molar-refractivity contribution in [3.8, 4) is 0 Å². The molecule has 1 aromatic heterocycles. The molecular weight excluding hydrogens is 140 g/mol. The molecule has 0 atom stereocenters. The number of hydrogen-bond donors (Lipinski definition) is 1. The van der Waals surface area contributed by atoms with Crippen LogP contribution in [-0.2, 0) is 0 Å². The Balaban J connectivity index is 3.31. The molecule has 54 valence electrons. The van der Waals surface area contributed by atoms with Crippen LogP contribution in [-0.4, -0.2) is 9.97 Å². The summed E-state index contributed by atoms with van der Waals surface area (Å²) in [6.45, 7) is 1.38. The van der Waals surface area contributed by atoms with Gasteiger partial charge in [0.05, 0.1) is 0 Å². The molecule has 0 saturated heterocycles. The second kappa shape index (κ2) is 2.17. The van der Waals surface area contributed by atoms with Gasteiger partial charge in [-0.1, -0.05) is 0 Å². The number of aromatic nitrogens is 2. The van der Waals surface area contributed by atoms with Crippen LogP contribution in [0.5, 0.6) is 0 Å². The minimum Gasteiger partial charge on any atom is -0.383 e. The van der Waals surface area contributed by atoms with Gasteiger partial charge in [0.25, 0.3) is 0 Å². The maximum atomic E-state index is 12.4. The van der Waals surface area contributed by atoms with Crippen LogP contribution < -0.4 is 5.73 Å². The fourth-order valence-corrected chi connectivity index (χ4v) is 0.479. The van der Waals surface area contributed by atoms with Crippen LogP contribution in [0.3, 0.4) is 0 Å². The molecule has 0 fully saturated rings. The molecule has 0 spiro atoms. The van der Waals surface area contributed by atoms with E-state index in [0.29, 0.717) is 0 Å². The molecule has 0 aliphatic carbocycles. The topological polar surface area (TPSA) is 51.8 Å². The van der Waals surface area contributed by atoms with Crippen molar-refractivity contribution in [2.45, 2.75) is 6.92 Å². The highest BCUT2D eigenvalue weighted by atomic mass is 19.1. The fourth-order valence-electron chi connectivity index (χ4n) is 0.479. The van der Waals surface area contributed by atoms with Crippen molar-refractivity contribution in [2.24, 2.45) is 0 Å². The van der Waals surface area contributed by atoms with Crippen LogP contribution in [0.25, 0.3) is 0 Å². The highest BCUT2D eigenvalue weighted by Crippen LogP contribution is 2.08. The second-order valence-corrected chi connectivity index (χ2v) is 1.79. The van der Waals surface area contributed by atoms with Gasteiger partial charge in [0, 0.05) is 5.56 Å². The SMILES string of the molecule is Cc1c(N)nc(F)nc1F. The Kier molecular flexibility index (Phi) is 1.48. The molecule has 0 saturated carbocycles. The summed E-state index contributed by atoms with van der Waals surface area (Å²) in [6.07, 6.45) is -1.14. The lowest BCUT2D eigenvalue weighted by Gasteiger charge is -1.97. The number of halogens is 2. The Labute approximate surface area is 55.9 Å². The first-order valence-corrected chi connectivity index (χ1v) is 2.56. The average Bonchev–Trinajstić information content (AvgIpc) is 1.82. The molecule has 2 N–H and O–H groups in total. The Hall–Kier alpha value is -1.26. The predicted octanol–water partition coefficient (Wildman–Crippen LogP) is 0.645. The van der Waals surface area contributed by atoms with Crippen molar-refractivity contribution < 1.29 is 8.78 Å². The first-order chi connectivity index (χ1) is 4.61. The summed E-state index contributed by atoms with van der Waals surface area (Å²) in [5, 5.41) is 0. The third kappa shape index (κ3) is 1.02. The number of rotatable bonds is 0. The molecule has 3 nitrogen and oxygen atoms in total. The van der Waals surface area contributed by atoms with E-state index in [-0.39, 0.29) is 11.4 Å². The van der Waals surface area contributed by atoms with Crippen molar-refractivity contribution in [1.82, 2.24) is 9.97 Å². The van der Waals surface area contributed by atoms with Crippen LogP contribution in [0.1, 0.15) is 5.56 Å². The van der Waals surface area contributed by atoms with Crippen LogP contribution in [0.4, 0.5) is 14.6 Å². The zero-order valence-electron chi connectivity index (χ0n) is 5.23. The van der Waals surface area contributed by atoms with E-state index in [1.807, 2.05) is 0 Å². The van der Waals surface area contributed by atoms with Crippen molar-refractivity contribution in [3.05, 3.63) is 17.6 Å². The number of anilines is 1. The first kappa shape index (κ1) is 6.85. The Morgan fingerprint density at radius 1 is 1.30 bits per heavy atom.